The van der Waals surface area contributed by atoms with Gasteiger partial charge in [-0.05, 0) is 48.6 Å². The van der Waals surface area contributed by atoms with Crippen LogP contribution < -0.4 is 10.6 Å². The molecule has 2 unspecified atom stereocenters. The third-order valence-electron chi connectivity index (χ3n) is 6.96. The summed E-state index contributed by atoms with van der Waals surface area (Å²) in [6.45, 7) is -0.0698. The van der Waals surface area contributed by atoms with Gasteiger partial charge in [-0.3, -0.25) is 4.98 Å². The normalized spacial score (nSPS) is 15.5. The number of halogens is 2. The van der Waals surface area contributed by atoms with E-state index in [1.807, 2.05) is 30.3 Å². The zero-order valence-corrected chi connectivity index (χ0v) is 22.6. The number of hydrogen-bond acceptors (Lipinski definition) is 8. The molecular weight excluding hydrogens is 543 g/mol. The lowest BCUT2D eigenvalue weighted by atomic mass is 10.0. The Bertz CT molecular complexity index is 1770. The molecule has 0 radical (unpaired) electrons. The Labute approximate surface area is 242 Å². The van der Waals surface area contributed by atoms with E-state index in [4.69, 9.17) is 11.6 Å². The minimum atomic E-state index is -1.71. The number of aromatic nitrogens is 5. The summed E-state index contributed by atoms with van der Waals surface area (Å²) in [4.78, 5) is 8.20. The van der Waals surface area contributed by atoms with Crippen LogP contribution in [-0.4, -0.2) is 36.7 Å². The SMILES string of the molecule is [2H]C(Nc1cc(Cl)c2ncc(C#N)c(NC(CCO)c3ccccc3)c2c1)(c1ccc(F)nc1)c1cn(C2CC2)nn1. The average molecular weight is 570 g/mol. The maximum absolute atomic E-state index is 13.7. The first kappa shape index (κ1) is 25.4. The fraction of sp³-hybridized carbons (Fsp3) is 0.233. The molecule has 41 heavy (non-hydrogen) atoms. The van der Waals surface area contributed by atoms with E-state index in [0.717, 1.165) is 18.4 Å². The number of fused-ring (bicyclic) bond motifs is 1. The molecule has 1 fully saturated rings. The molecule has 2 atom stereocenters. The topological polar surface area (TPSA) is 125 Å². The average Bonchev–Trinajstić information content (AvgIpc) is 3.73. The van der Waals surface area contributed by atoms with Crippen molar-refractivity contribution in [2.75, 3.05) is 17.2 Å². The molecule has 1 saturated carbocycles. The number of aliphatic hydroxyl groups is 1. The summed E-state index contributed by atoms with van der Waals surface area (Å²) in [6.07, 6.45) is 6.84. The van der Waals surface area contributed by atoms with Crippen molar-refractivity contribution in [1.29, 1.82) is 5.26 Å². The molecule has 0 aliphatic heterocycles. The first-order chi connectivity index (χ1) is 20.4. The van der Waals surface area contributed by atoms with Crippen molar-refractivity contribution in [1.82, 2.24) is 25.0 Å². The van der Waals surface area contributed by atoms with Crippen molar-refractivity contribution in [3.63, 3.8) is 0 Å². The highest BCUT2D eigenvalue weighted by Gasteiger charge is 2.27. The van der Waals surface area contributed by atoms with Gasteiger partial charge >= 0.3 is 0 Å². The van der Waals surface area contributed by atoms with Crippen LogP contribution in [-0.2, 0) is 0 Å². The largest absolute Gasteiger partial charge is 0.396 e. The lowest BCUT2D eigenvalue weighted by Gasteiger charge is -2.23. The monoisotopic (exact) mass is 569 g/mol. The molecule has 0 saturated heterocycles. The van der Waals surface area contributed by atoms with E-state index >= 15 is 0 Å². The molecule has 206 valence electrons. The second-order valence-electron chi connectivity index (χ2n) is 9.82. The summed E-state index contributed by atoms with van der Waals surface area (Å²) in [5.74, 6) is -0.668. The Morgan fingerprint density at radius 3 is 2.66 bits per heavy atom. The zero-order valence-electron chi connectivity index (χ0n) is 22.8. The lowest BCUT2D eigenvalue weighted by Crippen LogP contribution is -2.15. The van der Waals surface area contributed by atoms with Gasteiger partial charge in [0.1, 0.15) is 11.8 Å². The van der Waals surface area contributed by atoms with E-state index in [2.05, 4.69) is 37.0 Å². The molecule has 5 aromatic rings. The molecule has 3 aromatic heterocycles. The first-order valence-electron chi connectivity index (χ1n) is 13.7. The Morgan fingerprint density at radius 1 is 1.12 bits per heavy atom. The van der Waals surface area contributed by atoms with Crippen LogP contribution in [0.5, 0.6) is 0 Å². The molecule has 6 rings (SSSR count). The van der Waals surface area contributed by atoms with E-state index in [0.29, 0.717) is 50.5 Å². The van der Waals surface area contributed by atoms with Crippen LogP contribution in [0.1, 0.15) is 61.1 Å². The second kappa shape index (κ2) is 11.5. The van der Waals surface area contributed by atoms with Crippen LogP contribution in [0.2, 0.25) is 5.02 Å². The quantitative estimate of drug-likeness (QED) is 0.176. The van der Waals surface area contributed by atoms with Crippen LogP contribution in [0, 0.1) is 17.3 Å². The number of rotatable bonds is 10. The summed E-state index contributed by atoms with van der Waals surface area (Å²) in [5.41, 5.74) is 3.26. The van der Waals surface area contributed by atoms with E-state index in [1.165, 1.54) is 24.5 Å². The number of hydrogen-bond donors (Lipinski definition) is 3. The number of nitrogens with one attached hydrogen (secondary N) is 2. The molecule has 0 bridgehead atoms. The van der Waals surface area contributed by atoms with Gasteiger partial charge in [0.15, 0.2) is 0 Å². The highest BCUT2D eigenvalue weighted by Crippen LogP contribution is 2.38. The van der Waals surface area contributed by atoms with Gasteiger partial charge in [0, 0.05) is 30.1 Å². The summed E-state index contributed by atoms with van der Waals surface area (Å²) >= 11 is 6.73. The second-order valence-corrected chi connectivity index (χ2v) is 10.2. The van der Waals surface area contributed by atoms with Crippen LogP contribution in [0.15, 0.2) is 73.2 Å². The first-order valence-corrected chi connectivity index (χ1v) is 13.5. The van der Waals surface area contributed by atoms with Gasteiger partial charge in [-0.2, -0.15) is 9.65 Å². The van der Waals surface area contributed by atoms with Crippen molar-refractivity contribution >= 4 is 33.9 Å². The van der Waals surface area contributed by atoms with Gasteiger partial charge in [0.05, 0.1) is 47.5 Å². The molecule has 2 aromatic carbocycles. The maximum Gasteiger partial charge on any atom is 0.212 e. The Hall–Kier alpha value is -4.59. The lowest BCUT2D eigenvalue weighted by molar-refractivity contribution is 0.280. The molecule has 9 nitrogen and oxygen atoms in total. The van der Waals surface area contributed by atoms with Gasteiger partial charge in [0.25, 0.3) is 0 Å². The molecule has 11 heteroatoms. The molecule has 0 spiro atoms. The van der Waals surface area contributed by atoms with Gasteiger partial charge in [0.2, 0.25) is 5.95 Å². The fourth-order valence-electron chi connectivity index (χ4n) is 4.74. The predicted octanol–water partition coefficient (Wildman–Crippen LogP) is 5.96. The molecule has 3 N–H and O–H groups in total. The van der Waals surface area contributed by atoms with E-state index < -0.39 is 12.0 Å². The van der Waals surface area contributed by atoms with Crippen LogP contribution >= 0.6 is 11.6 Å². The molecule has 1 aliphatic rings. The molecule has 1 aliphatic carbocycles. The highest BCUT2D eigenvalue weighted by atomic mass is 35.5. The molecular formula is C30H26ClFN8O. The van der Waals surface area contributed by atoms with Crippen molar-refractivity contribution in [3.8, 4) is 6.07 Å². The third kappa shape index (κ3) is 5.68. The third-order valence-corrected chi connectivity index (χ3v) is 7.24. The predicted molar refractivity (Wildman–Crippen MR) is 154 cm³/mol. The number of nitrogens with zero attached hydrogens (tertiary/aromatic N) is 6. The van der Waals surface area contributed by atoms with Gasteiger partial charge in [-0.1, -0.05) is 53.2 Å². The fourth-order valence-corrected chi connectivity index (χ4v) is 5.01. The standard InChI is InChI=1S/C30H26ClFN8O/c31-24-13-21(36-29(19-6-9-27(32)34-15-19)26-17-40(39-38-26)22-7-8-22)12-23-28(20(14-33)16-35-30(23)24)37-25(10-11-41)18-4-2-1-3-5-18/h1-6,9,12-13,15-17,22,25,29,36,41H,7-8,10-11H2,(H,35,37)/i29D. The van der Waals surface area contributed by atoms with Crippen LogP contribution in [0.3, 0.4) is 0 Å². The number of benzene rings is 2. The summed E-state index contributed by atoms with van der Waals surface area (Å²) in [6, 6.07) is 16.1. The van der Waals surface area contributed by atoms with Crippen molar-refractivity contribution in [2.45, 2.75) is 37.4 Å². The number of nitriles is 1. The molecule has 3 heterocycles. The maximum atomic E-state index is 13.7. The van der Waals surface area contributed by atoms with E-state index in [-0.39, 0.29) is 18.7 Å². The van der Waals surface area contributed by atoms with Gasteiger partial charge in [-0.15, -0.1) is 5.10 Å². The van der Waals surface area contributed by atoms with E-state index in [9.17, 15) is 16.1 Å². The minimum absolute atomic E-state index is 0.0698. The van der Waals surface area contributed by atoms with Crippen LogP contribution in [0.25, 0.3) is 10.9 Å². The number of anilines is 2. The Morgan fingerprint density at radius 2 is 1.95 bits per heavy atom. The number of aliphatic hydroxyl groups excluding tert-OH is 1. The Kier molecular flexibility index (Phi) is 7.11. The van der Waals surface area contributed by atoms with Gasteiger partial charge in [-0.25, -0.2) is 9.67 Å². The summed E-state index contributed by atoms with van der Waals surface area (Å²) in [5, 5.41) is 35.8. The van der Waals surface area contributed by atoms with Crippen molar-refractivity contribution in [2.24, 2.45) is 0 Å². The Balaban J connectivity index is 1.46. The van der Waals surface area contributed by atoms with Crippen molar-refractivity contribution < 1.29 is 10.9 Å². The van der Waals surface area contributed by atoms with Crippen LogP contribution in [0.4, 0.5) is 15.8 Å². The van der Waals surface area contributed by atoms with Crippen molar-refractivity contribution in [3.05, 3.63) is 107 Å². The molecule has 0 amide bonds. The number of pyridine rings is 2. The van der Waals surface area contributed by atoms with Gasteiger partial charge < -0.3 is 15.7 Å². The summed E-state index contributed by atoms with van der Waals surface area (Å²) < 4.78 is 25.0. The van der Waals surface area contributed by atoms with E-state index in [1.54, 1.807) is 23.0 Å². The minimum Gasteiger partial charge on any atom is -0.396 e. The highest BCUT2D eigenvalue weighted by molar-refractivity contribution is 6.35. The smallest absolute Gasteiger partial charge is 0.212 e. The summed E-state index contributed by atoms with van der Waals surface area (Å²) in [7, 11) is 0. The zero-order chi connectivity index (χ0) is 29.3.